The fourth-order valence-corrected chi connectivity index (χ4v) is 3.91. The number of benzene rings is 2. The Morgan fingerprint density at radius 3 is 2.33 bits per heavy atom. The summed E-state index contributed by atoms with van der Waals surface area (Å²) in [5.41, 5.74) is 5.19. The average molecular weight is 417 g/mol. The Labute approximate surface area is 172 Å². The van der Waals surface area contributed by atoms with Gasteiger partial charge in [-0.2, -0.15) is 5.10 Å². The molecule has 4 aromatic rings. The van der Waals surface area contributed by atoms with Gasteiger partial charge in [0.05, 0.1) is 16.1 Å². The second-order valence-electron chi connectivity index (χ2n) is 6.23. The highest BCUT2D eigenvalue weighted by atomic mass is 35.5. The molecule has 0 aliphatic carbocycles. The maximum atomic E-state index is 6.83. The zero-order chi connectivity index (χ0) is 19.0. The second kappa shape index (κ2) is 7.51. The number of alkyl halides is 1. The van der Waals surface area contributed by atoms with Gasteiger partial charge in [0.2, 0.25) is 0 Å². The molecule has 0 amide bonds. The van der Waals surface area contributed by atoms with E-state index >= 15 is 0 Å². The summed E-state index contributed by atoms with van der Waals surface area (Å²) in [7, 11) is 0. The van der Waals surface area contributed by atoms with E-state index in [4.69, 9.17) is 44.9 Å². The van der Waals surface area contributed by atoms with Gasteiger partial charge in [-0.05, 0) is 43.2 Å². The molecule has 0 spiro atoms. The summed E-state index contributed by atoms with van der Waals surface area (Å²) < 4.78 is 1.84. The van der Waals surface area contributed by atoms with Crippen molar-refractivity contribution in [2.45, 2.75) is 13.3 Å². The summed E-state index contributed by atoms with van der Waals surface area (Å²) in [6, 6.07) is 17.5. The third-order valence-corrected chi connectivity index (χ3v) is 5.38. The van der Waals surface area contributed by atoms with Gasteiger partial charge in [-0.15, -0.1) is 11.6 Å². The van der Waals surface area contributed by atoms with E-state index in [1.54, 1.807) is 0 Å². The lowest BCUT2D eigenvalue weighted by Gasteiger charge is -2.09. The molecule has 27 heavy (non-hydrogen) atoms. The Bertz CT molecular complexity index is 1100. The first-order valence-corrected chi connectivity index (χ1v) is 9.84. The third kappa shape index (κ3) is 3.31. The molecule has 0 aliphatic rings. The zero-order valence-electron chi connectivity index (χ0n) is 14.6. The minimum absolute atomic E-state index is 0.483. The minimum atomic E-state index is 0.483. The van der Waals surface area contributed by atoms with Crippen molar-refractivity contribution in [3.63, 3.8) is 0 Å². The number of halogens is 3. The fourth-order valence-electron chi connectivity index (χ4n) is 3.19. The third-order valence-electron chi connectivity index (χ3n) is 4.52. The number of nitrogens with zero attached hydrogens (tertiary/aromatic N) is 3. The number of hydrogen-bond donors (Lipinski definition) is 0. The first kappa shape index (κ1) is 18.3. The molecule has 0 fully saturated rings. The van der Waals surface area contributed by atoms with E-state index in [1.807, 2.05) is 66.2 Å². The topological polar surface area (TPSA) is 30.7 Å². The molecule has 0 unspecified atom stereocenters. The van der Waals surface area contributed by atoms with Crippen LogP contribution in [0.5, 0.6) is 0 Å². The van der Waals surface area contributed by atoms with Crippen LogP contribution in [0, 0.1) is 6.92 Å². The van der Waals surface area contributed by atoms with Gasteiger partial charge < -0.3 is 0 Å². The van der Waals surface area contributed by atoms with Crippen LogP contribution in [0.2, 0.25) is 10.0 Å². The number of pyridine rings is 1. The molecule has 3 nitrogen and oxygen atoms in total. The number of fused-ring (bicyclic) bond motifs is 1. The summed E-state index contributed by atoms with van der Waals surface area (Å²) in [6.45, 7) is 1.96. The molecule has 0 saturated heterocycles. The molecule has 0 radical (unpaired) electrons. The molecule has 2 aromatic carbocycles. The molecule has 6 heteroatoms. The Balaban J connectivity index is 2.07. The summed E-state index contributed by atoms with van der Waals surface area (Å²) in [6.07, 6.45) is 0.658. The van der Waals surface area contributed by atoms with Crippen molar-refractivity contribution in [1.82, 2.24) is 14.8 Å². The normalized spacial score (nSPS) is 11.3. The lowest BCUT2D eigenvalue weighted by atomic mass is 10.1. The van der Waals surface area contributed by atoms with Gasteiger partial charge in [0.15, 0.2) is 5.65 Å². The summed E-state index contributed by atoms with van der Waals surface area (Å²) in [4.78, 5) is 4.83. The van der Waals surface area contributed by atoms with Crippen molar-refractivity contribution in [3.05, 3.63) is 75.9 Å². The van der Waals surface area contributed by atoms with Crippen LogP contribution in [0.25, 0.3) is 28.0 Å². The first-order chi connectivity index (χ1) is 13.1. The lowest BCUT2D eigenvalue weighted by Crippen LogP contribution is -2.01. The van der Waals surface area contributed by atoms with E-state index in [-0.39, 0.29) is 0 Å². The molecule has 0 saturated carbocycles. The molecular formula is C21H16Cl3N3. The van der Waals surface area contributed by atoms with Crippen molar-refractivity contribution < 1.29 is 0 Å². The van der Waals surface area contributed by atoms with Crippen molar-refractivity contribution in [2.75, 3.05) is 5.88 Å². The number of rotatable bonds is 4. The van der Waals surface area contributed by atoms with Gasteiger partial charge in [-0.1, -0.05) is 53.5 Å². The van der Waals surface area contributed by atoms with Gasteiger partial charge in [0, 0.05) is 22.2 Å². The molecular weight excluding hydrogens is 401 g/mol. The van der Waals surface area contributed by atoms with Crippen molar-refractivity contribution in [2.24, 2.45) is 0 Å². The Morgan fingerprint density at radius 1 is 0.963 bits per heavy atom. The van der Waals surface area contributed by atoms with Crippen molar-refractivity contribution in [1.29, 1.82) is 0 Å². The van der Waals surface area contributed by atoms with Crippen LogP contribution in [0.4, 0.5) is 0 Å². The number of aromatic nitrogens is 3. The number of hydrogen-bond acceptors (Lipinski definition) is 2. The van der Waals surface area contributed by atoms with Crippen LogP contribution in [-0.2, 0) is 6.42 Å². The van der Waals surface area contributed by atoms with Crippen molar-refractivity contribution in [3.8, 4) is 16.9 Å². The molecule has 2 aromatic heterocycles. The molecule has 0 aliphatic heterocycles. The van der Waals surface area contributed by atoms with Crippen molar-refractivity contribution >= 4 is 45.8 Å². The molecule has 0 bridgehead atoms. The quantitative estimate of drug-likeness (QED) is 0.356. The highest BCUT2D eigenvalue weighted by Gasteiger charge is 2.21. The van der Waals surface area contributed by atoms with Crippen LogP contribution in [0.1, 0.15) is 11.3 Å². The largest absolute Gasteiger partial charge is 0.233 e. The molecule has 136 valence electrons. The highest BCUT2D eigenvalue weighted by Crippen LogP contribution is 2.37. The molecule has 2 heterocycles. The van der Waals surface area contributed by atoms with Crippen LogP contribution >= 0.6 is 34.8 Å². The van der Waals surface area contributed by atoms with Gasteiger partial charge in [0.25, 0.3) is 0 Å². The van der Waals surface area contributed by atoms with E-state index in [2.05, 4.69) is 0 Å². The van der Waals surface area contributed by atoms with E-state index in [1.165, 1.54) is 0 Å². The van der Waals surface area contributed by atoms with Crippen LogP contribution in [0.15, 0.2) is 54.6 Å². The van der Waals surface area contributed by atoms with E-state index in [0.29, 0.717) is 22.3 Å². The summed E-state index contributed by atoms with van der Waals surface area (Å²) >= 11 is 18.9. The lowest BCUT2D eigenvalue weighted by molar-refractivity contribution is 0.895. The van der Waals surface area contributed by atoms with Gasteiger partial charge >= 0.3 is 0 Å². The maximum Gasteiger partial charge on any atom is 0.165 e. The summed E-state index contributed by atoms with van der Waals surface area (Å²) in [5, 5.41) is 7.02. The van der Waals surface area contributed by atoms with Crippen LogP contribution in [0.3, 0.4) is 0 Å². The molecule has 4 rings (SSSR count). The number of para-hydroxylation sites is 1. The van der Waals surface area contributed by atoms with E-state index in [9.17, 15) is 0 Å². The Hall–Kier alpha value is -2.07. The monoisotopic (exact) mass is 415 g/mol. The maximum absolute atomic E-state index is 6.83. The predicted molar refractivity (Wildman–Crippen MR) is 113 cm³/mol. The Kier molecular flexibility index (Phi) is 5.09. The average Bonchev–Trinajstić information content (AvgIpc) is 3.06. The molecule has 0 atom stereocenters. The van der Waals surface area contributed by atoms with E-state index in [0.717, 1.165) is 39.2 Å². The fraction of sp³-hybridized carbons (Fsp3) is 0.143. The molecule has 0 N–H and O–H groups in total. The smallest absolute Gasteiger partial charge is 0.165 e. The van der Waals surface area contributed by atoms with Gasteiger partial charge in [-0.25, -0.2) is 9.67 Å². The zero-order valence-corrected chi connectivity index (χ0v) is 16.9. The SMILES string of the molecule is Cc1nc2c(c(-c3ccc(Cl)cc3)nn2-c2ccccc2)c(Cl)c1CCCl. The second-order valence-corrected chi connectivity index (χ2v) is 7.42. The highest BCUT2D eigenvalue weighted by molar-refractivity contribution is 6.37. The summed E-state index contributed by atoms with van der Waals surface area (Å²) in [5.74, 6) is 0.483. The standard InChI is InChI=1S/C21H16Cl3N3/c1-13-17(11-12-22)19(24)18-20(14-7-9-15(23)10-8-14)26-27(21(18)25-13)16-5-3-2-4-6-16/h2-10H,11-12H2,1H3. The first-order valence-electron chi connectivity index (χ1n) is 8.55. The van der Waals surface area contributed by atoms with E-state index < -0.39 is 0 Å². The van der Waals surface area contributed by atoms with Gasteiger partial charge in [0.1, 0.15) is 5.69 Å². The minimum Gasteiger partial charge on any atom is -0.233 e. The van der Waals surface area contributed by atoms with Crippen LogP contribution in [-0.4, -0.2) is 20.6 Å². The number of aryl methyl sites for hydroxylation is 1. The van der Waals surface area contributed by atoms with Crippen LogP contribution < -0.4 is 0 Å². The predicted octanol–water partition coefficient (Wildman–Crippen LogP) is 6.48. The van der Waals surface area contributed by atoms with Gasteiger partial charge in [-0.3, -0.25) is 0 Å². The Morgan fingerprint density at radius 2 is 1.67 bits per heavy atom.